The number of aromatic nitrogens is 2. The van der Waals surface area contributed by atoms with Crippen LogP contribution in [0.4, 0.5) is 11.5 Å². The van der Waals surface area contributed by atoms with E-state index >= 15 is 0 Å². The van der Waals surface area contributed by atoms with Crippen LogP contribution < -0.4 is 4.90 Å². The van der Waals surface area contributed by atoms with E-state index in [9.17, 15) is 5.11 Å². The topological polar surface area (TPSA) is 49.3 Å². The highest BCUT2D eigenvalue weighted by Crippen LogP contribution is 2.37. The zero-order valence-electron chi connectivity index (χ0n) is 12.0. The second-order valence-electron chi connectivity index (χ2n) is 5.17. The molecule has 1 aromatic heterocycles. The average molecular weight is 302 g/mol. The third kappa shape index (κ3) is 2.59. The number of nitrogens with zero attached hydrogens (tertiary/aromatic N) is 3. The number of rotatable bonds is 2. The van der Waals surface area contributed by atoms with Crippen LogP contribution in [0, 0.1) is 6.92 Å². The minimum absolute atomic E-state index is 0.229. The molecule has 0 aliphatic carbocycles. The standard InChI is InChI=1S/C16H16ClN3O/c1-10(21)7-14-11(2)16(19-9-18-14)20-6-5-12-3-4-13(17)8-15(12)20/h3-4,7-9,21H,5-6H2,1-2H3/b10-7+. The number of aliphatic hydroxyl groups is 1. The molecule has 1 aromatic carbocycles. The van der Waals surface area contributed by atoms with Crippen LogP contribution in [0.5, 0.6) is 0 Å². The number of aliphatic hydroxyl groups excluding tert-OH is 1. The molecule has 2 aromatic rings. The molecule has 0 saturated heterocycles. The highest BCUT2D eigenvalue weighted by molar-refractivity contribution is 6.30. The summed E-state index contributed by atoms with van der Waals surface area (Å²) in [4.78, 5) is 10.8. The van der Waals surface area contributed by atoms with Crippen molar-refractivity contribution in [1.29, 1.82) is 0 Å². The van der Waals surface area contributed by atoms with Gasteiger partial charge in [0, 0.05) is 28.9 Å². The van der Waals surface area contributed by atoms with Crippen LogP contribution in [-0.2, 0) is 6.42 Å². The summed E-state index contributed by atoms with van der Waals surface area (Å²) in [6.07, 6.45) is 4.15. The zero-order valence-corrected chi connectivity index (χ0v) is 12.7. The number of hydrogen-bond acceptors (Lipinski definition) is 4. The van der Waals surface area contributed by atoms with E-state index in [1.165, 1.54) is 11.9 Å². The van der Waals surface area contributed by atoms with Crippen molar-refractivity contribution in [2.45, 2.75) is 20.3 Å². The zero-order chi connectivity index (χ0) is 15.0. The van der Waals surface area contributed by atoms with Gasteiger partial charge >= 0.3 is 0 Å². The molecule has 0 atom stereocenters. The van der Waals surface area contributed by atoms with Gasteiger partial charge in [0.15, 0.2) is 0 Å². The van der Waals surface area contributed by atoms with Gasteiger partial charge in [-0.2, -0.15) is 0 Å². The van der Waals surface area contributed by atoms with Crippen molar-refractivity contribution >= 4 is 29.2 Å². The molecule has 0 bridgehead atoms. The first-order valence-corrected chi connectivity index (χ1v) is 7.19. The molecule has 21 heavy (non-hydrogen) atoms. The molecule has 0 spiro atoms. The van der Waals surface area contributed by atoms with Crippen molar-refractivity contribution in [1.82, 2.24) is 9.97 Å². The Morgan fingerprint density at radius 2 is 2.19 bits per heavy atom. The Bertz CT molecular complexity index is 723. The van der Waals surface area contributed by atoms with Crippen LogP contribution in [0.1, 0.15) is 23.7 Å². The maximum atomic E-state index is 9.45. The van der Waals surface area contributed by atoms with Crippen LogP contribution in [-0.4, -0.2) is 21.6 Å². The van der Waals surface area contributed by atoms with Crippen molar-refractivity contribution in [3.8, 4) is 0 Å². The predicted octanol–water partition coefficient (Wildman–Crippen LogP) is 4.05. The van der Waals surface area contributed by atoms with Gasteiger partial charge in [-0.05, 0) is 38.0 Å². The Labute approximate surface area is 128 Å². The van der Waals surface area contributed by atoms with Gasteiger partial charge in [-0.25, -0.2) is 9.97 Å². The van der Waals surface area contributed by atoms with Gasteiger partial charge < -0.3 is 10.0 Å². The summed E-state index contributed by atoms with van der Waals surface area (Å²) in [5.41, 5.74) is 4.04. The Morgan fingerprint density at radius 1 is 1.38 bits per heavy atom. The first kappa shape index (κ1) is 13.9. The Hall–Kier alpha value is -2.07. The van der Waals surface area contributed by atoms with Crippen molar-refractivity contribution in [3.63, 3.8) is 0 Å². The molecule has 0 saturated carbocycles. The number of anilines is 2. The van der Waals surface area contributed by atoms with E-state index in [0.29, 0.717) is 0 Å². The first-order valence-electron chi connectivity index (χ1n) is 6.81. The molecule has 4 nitrogen and oxygen atoms in total. The van der Waals surface area contributed by atoms with Gasteiger partial charge in [0.25, 0.3) is 0 Å². The quantitative estimate of drug-likeness (QED) is 0.850. The summed E-state index contributed by atoms with van der Waals surface area (Å²) in [5, 5.41) is 10.2. The van der Waals surface area contributed by atoms with E-state index in [1.807, 2.05) is 19.1 Å². The number of fused-ring (bicyclic) bond motifs is 1. The molecular weight excluding hydrogens is 286 g/mol. The third-order valence-corrected chi connectivity index (χ3v) is 3.88. The first-order chi connectivity index (χ1) is 10.1. The van der Waals surface area contributed by atoms with E-state index in [0.717, 1.165) is 40.8 Å². The molecule has 3 rings (SSSR count). The lowest BCUT2D eigenvalue weighted by Gasteiger charge is -2.21. The third-order valence-electron chi connectivity index (χ3n) is 3.64. The maximum Gasteiger partial charge on any atom is 0.139 e. The van der Waals surface area contributed by atoms with Crippen molar-refractivity contribution in [2.75, 3.05) is 11.4 Å². The molecular formula is C16H16ClN3O. The van der Waals surface area contributed by atoms with Gasteiger partial charge in [0.1, 0.15) is 12.1 Å². The number of hydrogen-bond donors (Lipinski definition) is 1. The highest BCUT2D eigenvalue weighted by Gasteiger charge is 2.23. The second-order valence-corrected chi connectivity index (χ2v) is 5.60. The molecule has 0 radical (unpaired) electrons. The molecule has 1 aliphatic rings. The SMILES string of the molecule is C/C(O)=C\c1ncnc(N2CCc3ccc(Cl)cc32)c1C. The fraction of sp³-hybridized carbons (Fsp3) is 0.250. The molecule has 108 valence electrons. The summed E-state index contributed by atoms with van der Waals surface area (Å²) in [6, 6.07) is 5.95. The number of benzene rings is 1. The van der Waals surface area contributed by atoms with Gasteiger partial charge in [0.2, 0.25) is 0 Å². The van der Waals surface area contributed by atoms with Crippen molar-refractivity contribution in [2.24, 2.45) is 0 Å². The smallest absolute Gasteiger partial charge is 0.139 e. The Morgan fingerprint density at radius 3 is 2.95 bits per heavy atom. The largest absolute Gasteiger partial charge is 0.513 e. The van der Waals surface area contributed by atoms with Crippen LogP contribution in [0.2, 0.25) is 5.02 Å². The summed E-state index contributed by atoms with van der Waals surface area (Å²) in [5.74, 6) is 1.09. The summed E-state index contributed by atoms with van der Waals surface area (Å²) in [6.45, 7) is 4.47. The normalized spacial score (nSPS) is 14.4. The van der Waals surface area contributed by atoms with Gasteiger partial charge in [-0.1, -0.05) is 17.7 Å². The van der Waals surface area contributed by atoms with Crippen LogP contribution in [0.3, 0.4) is 0 Å². The van der Waals surface area contributed by atoms with E-state index in [4.69, 9.17) is 11.6 Å². The monoisotopic (exact) mass is 301 g/mol. The van der Waals surface area contributed by atoms with Crippen molar-refractivity contribution in [3.05, 3.63) is 52.1 Å². The van der Waals surface area contributed by atoms with E-state index < -0.39 is 0 Å². The molecule has 0 unspecified atom stereocenters. The lowest BCUT2D eigenvalue weighted by molar-refractivity contribution is 0.419. The second kappa shape index (κ2) is 5.37. The summed E-state index contributed by atoms with van der Waals surface area (Å²) >= 11 is 6.11. The molecule has 5 heteroatoms. The Balaban J connectivity index is 2.08. The molecule has 1 aliphatic heterocycles. The van der Waals surface area contributed by atoms with E-state index in [1.54, 1.807) is 13.0 Å². The van der Waals surface area contributed by atoms with Crippen molar-refractivity contribution < 1.29 is 5.11 Å². The van der Waals surface area contributed by atoms with Gasteiger partial charge in [0.05, 0.1) is 11.5 Å². The fourth-order valence-electron chi connectivity index (χ4n) is 2.64. The van der Waals surface area contributed by atoms with E-state index in [-0.39, 0.29) is 5.76 Å². The van der Waals surface area contributed by atoms with Gasteiger partial charge in [-0.3, -0.25) is 0 Å². The minimum atomic E-state index is 0.229. The number of allylic oxidation sites excluding steroid dienone is 1. The number of halogens is 1. The van der Waals surface area contributed by atoms with E-state index in [2.05, 4.69) is 20.9 Å². The summed E-state index contributed by atoms with van der Waals surface area (Å²) < 4.78 is 0. The maximum absolute atomic E-state index is 9.45. The summed E-state index contributed by atoms with van der Waals surface area (Å²) in [7, 11) is 0. The molecule has 0 fully saturated rings. The van der Waals surface area contributed by atoms with Crippen LogP contribution >= 0.6 is 11.6 Å². The minimum Gasteiger partial charge on any atom is -0.513 e. The van der Waals surface area contributed by atoms with Gasteiger partial charge in [-0.15, -0.1) is 0 Å². The molecule has 2 heterocycles. The molecule has 0 amide bonds. The Kier molecular flexibility index (Phi) is 3.55. The molecule has 1 N–H and O–H groups in total. The van der Waals surface area contributed by atoms with Crippen LogP contribution in [0.15, 0.2) is 30.3 Å². The average Bonchev–Trinajstić information content (AvgIpc) is 2.83. The lowest BCUT2D eigenvalue weighted by Crippen LogP contribution is -2.17. The highest BCUT2D eigenvalue weighted by atomic mass is 35.5. The predicted molar refractivity (Wildman–Crippen MR) is 85.2 cm³/mol. The fourth-order valence-corrected chi connectivity index (χ4v) is 2.81. The lowest BCUT2D eigenvalue weighted by atomic mass is 10.1. The van der Waals surface area contributed by atoms with Crippen LogP contribution in [0.25, 0.3) is 6.08 Å².